The minimum Gasteiger partial charge on any atom is -0.354 e. The Morgan fingerprint density at radius 1 is 1.47 bits per heavy atom. The number of nitrogens with zero attached hydrogens (tertiary/aromatic N) is 3. The number of nitriles is 1. The molecule has 17 heavy (non-hydrogen) atoms. The minimum atomic E-state index is 0.581. The first kappa shape index (κ1) is 10.5. The van der Waals surface area contributed by atoms with Gasteiger partial charge in [-0.05, 0) is 37.4 Å². The van der Waals surface area contributed by atoms with E-state index in [-0.39, 0.29) is 0 Å². The Labute approximate surface area is 101 Å². The second-order valence-corrected chi connectivity index (χ2v) is 4.85. The summed E-state index contributed by atoms with van der Waals surface area (Å²) in [5.41, 5.74) is 0.686. The molecule has 4 nitrogen and oxygen atoms in total. The Kier molecular flexibility index (Phi) is 2.69. The van der Waals surface area contributed by atoms with E-state index < -0.39 is 0 Å². The molecule has 2 unspecified atom stereocenters. The molecule has 4 heteroatoms. The van der Waals surface area contributed by atoms with Gasteiger partial charge in [0.15, 0.2) is 0 Å². The minimum absolute atomic E-state index is 0.581. The van der Waals surface area contributed by atoms with Gasteiger partial charge in [0.2, 0.25) is 0 Å². The van der Waals surface area contributed by atoms with Crippen LogP contribution in [0.15, 0.2) is 18.3 Å². The molecule has 0 spiro atoms. The van der Waals surface area contributed by atoms with Gasteiger partial charge in [0.1, 0.15) is 11.9 Å². The van der Waals surface area contributed by atoms with Crippen molar-refractivity contribution in [1.82, 2.24) is 10.3 Å². The number of hydrogen-bond donors (Lipinski definition) is 1. The van der Waals surface area contributed by atoms with E-state index >= 15 is 0 Å². The molecule has 2 aliphatic heterocycles. The van der Waals surface area contributed by atoms with Gasteiger partial charge in [-0.3, -0.25) is 0 Å². The zero-order valence-corrected chi connectivity index (χ0v) is 9.76. The third-order valence-corrected chi connectivity index (χ3v) is 3.81. The maximum Gasteiger partial charge on any atom is 0.146 e. The van der Waals surface area contributed by atoms with Gasteiger partial charge in [-0.2, -0.15) is 5.26 Å². The van der Waals surface area contributed by atoms with Crippen LogP contribution in [0.1, 0.15) is 18.4 Å². The second-order valence-electron chi connectivity index (χ2n) is 4.85. The first-order valence-electron chi connectivity index (χ1n) is 6.22. The first-order valence-corrected chi connectivity index (χ1v) is 6.22. The van der Waals surface area contributed by atoms with Crippen LogP contribution in [0.2, 0.25) is 0 Å². The van der Waals surface area contributed by atoms with Crippen molar-refractivity contribution < 1.29 is 0 Å². The first-order chi connectivity index (χ1) is 8.38. The van der Waals surface area contributed by atoms with Crippen LogP contribution in [-0.2, 0) is 0 Å². The maximum atomic E-state index is 9.11. The summed E-state index contributed by atoms with van der Waals surface area (Å²) in [5, 5.41) is 12.7. The van der Waals surface area contributed by atoms with Crippen LogP contribution in [0.5, 0.6) is 0 Å². The van der Waals surface area contributed by atoms with E-state index in [2.05, 4.69) is 21.3 Å². The van der Waals surface area contributed by atoms with Gasteiger partial charge in [0.25, 0.3) is 0 Å². The highest BCUT2D eigenvalue weighted by molar-refractivity contribution is 5.54. The highest BCUT2D eigenvalue weighted by Crippen LogP contribution is 2.29. The summed E-state index contributed by atoms with van der Waals surface area (Å²) < 4.78 is 0. The molecular weight excluding hydrogens is 212 g/mol. The van der Waals surface area contributed by atoms with E-state index in [0.29, 0.717) is 11.6 Å². The third-order valence-electron chi connectivity index (χ3n) is 3.81. The lowest BCUT2D eigenvalue weighted by Crippen LogP contribution is -2.40. The number of aromatic nitrogens is 1. The summed E-state index contributed by atoms with van der Waals surface area (Å²) >= 11 is 0. The van der Waals surface area contributed by atoms with Crippen molar-refractivity contribution in [2.75, 3.05) is 24.5 Å². The Bertz CT molecular complexity index is 437. The smallest absolute Gasteiger partial charge is 0.146 e. The molecule has 2 fully saturated rings. The fourth-order valence-electron chi connectivity index (χ4n) is 2.96. The molecule has 1 aromatic rings. The van der Waals surface area contributed by atoms with Gasteiger partial charge < -0.3 is 10.2 Å². The Balaban J connectivity index is 1.84. The predicted molar refractivity (Wildman–Crippen MR) is 65.7 cm³/mol. The monoisotopic (exact) mass is 228 g/mol. The number of anilines is 1. The van der Waals surface area contributed by atoms with Gasteiger partial charge in [-0.15, -0.1) is 0 Å². The zero-order chi connectivity index (χ0) is 11.7. The lowest BCUT2D eigenvalue weighted by atomic mass is 9.94. The van der Waals surface area contributed by atoms with Gasteiger partial charge in [-0.1, -0.05) is 0 Å². The van der Waals surface area contributed by atoms with Crippen molar-refractivity contribution in [1.29, 1.82) is 5.26 Å². The van der Waals surface area contributed by atoms with Crippen molar-refractivity contribution in [3.8, 4) is 6.07 Å². The SMILES string of the molecule is N#Cc1cccnc1N1CC2CCCNC2C1. The van der Waals surface area contributed by atoms with E-state index in [1.54, 1.807) is 6.20 Å². The van der Waals surface area contributed by atoms with Crippen molar-refractivity contribution in [3.63, 3.8) is 0 Å². The second kappa shape index (κ2) is 4.34. The average Bonchev–Trinajstić information content (AvgIpc) is 2.82. The van der Waals surface area contributed by atoms with E-state index in [1.165, 1.54) is 12.8 Å². The molecule has 1 N–H and O–H groups in total. The molecule has 3 rings (SSSR count). The number of piperidine rings is 1. The highest BCUT2D eigenvalue weighted by atomic mass is 15.2. The number of rotatable bonds is 1. The number of nitrogens with one attached hydrogen (secondary N) is 1. The van der Waals surface area contributed by atoms with Crippen LogP contribution in [0, 0.1) is 17.2 Å². The summed E-state index contributed by atoms with van der Waals surface area (Å²) in [4.78, 5) is 6.62. The van der Waals surface area contributed by atoms with Crippen molar-refractivity contribution in [2.24, 2.45) is 5.92 Å². The van der Waals surface area contributed by atoms with Gasteiger partial charge >= 0.3 is 0 Å². The standard InChI is InChI=1S/C13H16N4/c14-7-10-3-1-6-16-13(10)17-8-11-4-2-5-15-12(11)9-17/h1,3,6,11-12,15H,2,4-5,8-9H2. The summed E-state index contributed by atoms with van der Waals surface area (Å²) in [6, 6.07) is 6.48. The fraction of sp³-hybridized carbons (Fsp3) is 0.538. The molecule has 1 aromatic heterocycles. The van der Waals surface area contributed by atoms with E-state index in [0.717, 1.165) is 31.4 Å². The molecule has 0 aromatic carbocycles. The fourth-order valence-corrected chi connectivity index (χ4v) is 2.96. The number of hydrogen-bond acceptors (Lipinski definition) is 4. The van der Waals surface area contributed by atoms with Crippen molar-refractivity contribution in [3.05, 3.63) is 23.9 Å². The Hall–Kier alpha value is -1.60. The van der Waals surface area contributed by atoms with Gasteiger partial charge in [0.05, 0.1) is 5.56 Å². The highest BCUT2D eigenvalue weighted by Gasteiger charge is 2.35. The summed E-state index contributed by atoms with van der Waals surface area (Å²) in [6.07, 6.45) is 4.33. The molecule has 0 radical (unpaired) electrons. The largest absolute Gasteiger partial charge is 0.354 e. The topological polar surface area (TPSA) is 52.0 Å². The van der Waals surface area contributed by atoms with Crippen LogP contribution >= 0.6 is 0 Å². The molecular formula is C13H16N4. The molecule has 2 aliphatic rings. The molecule has 0 saturated carbocycles. The van der Waals surface area contributed by atoms with Crippen LogP contribution in [0.25, 0.3) is 0 Å². The molecule has 0 amide bonds. The normalized spacial score (nSPS) is 27.6. The molecule has 88 valence electrons. The molecule has 2 saturated heterocycles. The Morgan fingerprint density at radius 3 is 3.24 bits per heavy atom. The third kappa shape index (κ3) is 1.87. The molecule has 3 heterocycles. The van der Waals surface area contributed by atoms with Crippen LogP contribution in [0.3, 0.4) is 0 Å². The van der Waals surface area contributed by atoms with Crippen molar-refractivity contribution in [2.45, 2.75) is 18.9 Å². The predicted octanol–water partition coefficient (Wildman–Crippen LogP) is 1.14. The zero-order valence-electron chi connectivity index (χ0n) is 9.76. The van der Waals surface area contributed by atoms with Crippen molar-refractivity contribution >= 4 is 5.82 Å². The van der Waals surface area contributed by atoms with E-state index in [9.17, 15) is 0 Å². The average molecular weight is 228 g/mol. The molecule has 0 bridgehead atoms. The van der Waals surface area contributed by atoms with Gasteiger partial charge in [0, 0.05) is 25.3 Å². The number of pyridine rings is 1. The molecule has 2 atom stereocenters. The van der Waals surface area contributed by atoms with Gasteiger partial charge in [-0.25, -0.2) is 4.98 Å². The lowest BCUT2D eigenvalue weighted by Gasteiger charge is -2.24. The lowest BCUT2D eigenvalue weighted by molar-refractivity contribution is 0.340. The van der Waals surface area contributed by atoms with E-state index in [4.69, 9.17) is 5.26 Å². The van der Waals surface area contributed by atoms with Crippen LogP contribution in [0.4, 0.5) is 5.82 Å². The summed E-state index contributed by atoms with van der Waals surface area (Å²) in [6.45, 7) is 3.14. The Morgan fingerprint density at radius 2 is 2.41 bits per heavy atom. The van der Waals surface area contributed by atoms with E-state index in [1.807, 2.05) is 12.1 Å². The van der Waals surface area contributed by atoms with Crippen LogP contribution in [-0.4, -0.2) is 30.7 Å². The maximum absolute atomic E-state index is 9.11. The summed E-state index contributed by atoms with van der Waals surface area (Å²) in [7, 11) is 0. The van der Waals surface area contributed by atoms with Crippen LogP contribution < -0.4 is 10.2 Å². The summed E-state index contributed by atoms with van der Waals surface area (Å²) in [5.74, 6) is 1.57. The molecule has 0 aliphatic carbocycles. The quantitative estimate of drug-likeness (QED) is 0.783. The number of fused-ring (bicyclic) bond motifs is 1.